The first kappa shape index (κ1) is 21.5. The lowest BCUT2D eigenvalue weighted by atomic mass is 10.0. The third-order valence-corrected chi connectivity index (χ3v) is 5.96. The van der Waals surface area contributed by atoms with Crippen LogP contribution >= 0.6 is 11.3 Å². The van der Waals surface area contributed by atoms with Crippen molar-refractivity contribution >= 4 is 39.1 Å². The molecule has 0 aliphatic rings. The van der Waals surface area contributed by atoms with Crippen LogP contribution in [-0.4, -0.2) is 26.8 Å². The predicted octanol–water partition coefficient (Wildman–Crippen LogP) is 5.08. The molecule has 4 rings (SSSR count). The van der Waals surface area contributed by atoms with E-state index in [1.165, 1.54) is 23.5 Å². The van der Waals surface area contributed by atoms with Crippen molar-refractivity contribution in [2.45, 2.75) is 26.7 Å². The molecule has 0 amide bonds. The van der Waals surface area contributed by atoms with E-state index in [0.717, 1.165) is 22.7 Å². The molecule has 0 aliphatic heterocycles. The highest BCUT2D eigenvalue weighted by Crippen LogP contribution is 2.24. The molecule has 4 aromatic rings. The van der Waals surface area contributed by atoms with E-state index < -0.39 is 5.97 Å². The highest BCUT2D eigenvalue weighted by molar-refractivity contribution is 7.14. The molecular formula is C24H22N4O3S. The lowest BCUT2D eigenvalue weighted by Crippen LogP contribution is -2.15. The number of nitrogens with zero attached hydrogens (tertiary/aromatic N) is 2. The summed E-state index contributed by atoms with van der Waals surface area (Å²) < 4.78 is 0. The smallest absolute Gasteiger partial charge is 0.335 e. The van der Waals surface area contributed by atoms with Crippen molar-refractivity contribution in [2.75, 3.05) is 5.43 Å². The number of carboxylic acid groups (broad SMARTS) is 1. The van der Waals surface area contributed by atoms with Crippen molar-refractivity contribution in [1.82, 2.24) is 9.97 Å². The quantitative estimate of drug-likeness (QED) is 0.271. The second-order valence-electron chi connectivity index (χ2n) is 7.49. The first-order valence-electron chi connectivity index (χ1n) is 10.1. The summed E-state index contributed by atoms with van der Waals surface area (Å²) in [5, 5.41) is 16.7. The molecule has 2 heterocycles. The molecule has 7 nitrogen and oxygen atoms in total. The average Bonchev–Trinajstić information content (AvgIpc) is 3.27. The van der Waals surface area contributed by atoms with E-state index in [0.29, 0.717) is 34.4 Å². The number of aromatic carboxylic acids is 1. The number of carboxylic acids is 1. The van der Waals surface area contributed by atoms with Gasteiger partial charge in [-0.15, -0.1) is 11.3 Å². The first-order chi connectivity index (χ1) is 15.4. The molecule has 162 valence electrons. The summed E-state index contributed by atoms with van der Waals surface area (Å²) in [5.74, 6) is -1.06. The van der Waals surface area contributed by atoms with Gasteiger partial charge < -0.3 is 10.1 Å². The molecule has 3 N–H and O–H groups in total. The monoisotopic (exact) mass is 446 g/mol. The molecule has 2 aromatic heterocycles. The summed E-state index contributed by atoms with van der Waals surface area (Å²) in [7, 11) is 0. The number of hydrazone groups is 1. The van der Waals surface area contributed by atoms with Gasteiger partial charge >= 0.3 is 5.97 Å². The number of benzene rings is 2. The molecule has 0 radical (unpaired) electrons. The predicted molar refractivity (Wildman–Crippen MR) is 129 cm³/mol. The Morgan fingerprint density at radius 3 is 2.75 bits per heavy atom. The van der Waals surface area contributed by atoms with Crippen LogP contribution < -0.4 is 10.9 Å². The first-order valence-corrected chi connectivity index (χ1v) is 11.0. The second-order valence-corrected chi connectivity index (χ2v) is 8.34. The summed E-state index contributed by atoms with van der Waals surface area (Å²) in [6.45, 7) is 3.75. The molecule has 0 saturated carbocycles. The van der Waals surface area contributed by atoms with E-state index in [1.807, 2.05) is 49.6 Å². The molecule has 32 heavy (non-hydrogen) atoms. The Labute approximate surface area is 188 Å². The molecule has 8 heteroatoms. The van der Waals surface area contributed by atoms with Gasteiger partial charge in [0, 0.05) is 38.8 Å². The maximum Gasteiger partial charge on any atom is 0.335 e. The van der Waals surface area contributed by atoms with Crippen molar-refractivity contribution in [1.29, 1.82) is 0 Å². The summed E-state index contributed by atoms with van der Waals surface area (Å²) in [6.07, 6.45) is 1.08. The number of aryl methyl sites for hydroxylation is 1. The van der Waals surface area contributed by atoms with Crippen LogP contribution in [0.2, 0.25) is 0 Å². The number of rotatable bonds is 7. The van der Waals surface area contributed by atoms with Gasteiger partial charge in [0.1, 0.15) is 0 Å². The minimum atomic E-state index is -1.06. The molecule has 0 atom stereocenters. The molecule has 0 aliphatic carbocycles. The van der Waals surface area contributed by atoms with Gasteiger partial charge in [0.05, 0.1) is 11.3 Å². The van der Waals surface area contributed by atoms with Gasteiger partial charge in [-0.25, -0.2) is 9.78 Å². The van der Waals surface area contributed by atoms with Crippen molar-refractivity contribution in [3.05, 3.63) is 81.0 Å². The largest absolute Gasteiger partial charge is 0.478 e. The topological polar surface area (TPSA) is 107 Å². The van der Waals surface area contributed by atoms with Crippen molar-refractivity contribution in [2.24, 2.45) is 5.10 Å². The van der Waals surface area contributed by atoms with E-state index in [1.54, 1.807) is 6.07 Å². The fraction of sp³-hybridized carbons (Fsp3) is 0.167. The SMILES string of the molecule is CC(CCc1c(C)[nH]c2ccc(C(=O)O)cc2c1=O)=NNc1nc(-c2ccccc2)cs1. The zero-order chi connectivity index (χ0) is 22.7. The Kier molecular flexibility index (Phi) is 6.13. The van der Waals surface area contributed by atoms with Crippen LogP contribution in [0.15, 0.2) is 63.8 Å². The van der Waals surface area contributed by atoms with Gasteiger partial charge in [0.25, 0.3) is 0 Å². The summed E-state index contributed by atoms with van der Waals surface area (Å²) in [5.41, 5.74) is 7.76. The van der Waals surface area contributed by atoms with Crippen LogP contribution in [-0.2, 0) is 6.42 Å². The number of pyridine rings is 1. The van der Waals surface area contributed by atoms with Crippen molar-refractivity contribution in [3.63, 3.8) is 0 Å². The van der Waals surface area contributed by atoms with E-state index in [4.69, 9.17) is 0 Å². The number of H-pyrrole nitrogens is 1. The Morgan fingerprint density at radius 2 is 2.00 bits per heavy atom. The van der Waals surface area contributed by atoms with Gasteiger partial charge in [-0.2, -0.15) is 5.10 Å². The number of hydrogen-bond donors (Lipinski definition) is 3. The maximum absolute atomic E-state index is 13.0. The molecular weight excluding hydrogens is 424 g/mol. The molecule has 2 aromatic carbocycles. The highest BCUT2D eigenvalue weighted by Gasteiger charge is 2.12. The van der Waals surface area contributed by atoms with Gasteiger partial charge in [0.15, 0.2) is 5.43 Å². The zero-order valence-electron chi connectivity index (χ0n) is 17.7. The maximum atomic E-state index is 13.0. The Bertz CT molecular complexity index is 1370. The van der Waals surface area contributed by atoms with Crippen molar-refractivity contribution in [3.8, 4) is 11.3 Å². The molecule has 0 unspecified atom stereocenters. The number of fused-ring (bicyclic) bond motifs is 1. The minimum absolute atomic E-state index is 0.0954. The standard InChI is InChI=1S/C24H22N4O3S/c1-14(27-28-24-26-21(13-32-24)16-6-4-3-5-7-16)8-10-18-15(2)25-20-11-9-17(23(30)31)12-19(20)22(18)29/h3-7,9,11-13H,8,10H2,1-2H3,(H,25,29)(H,26,28)(H,30,31). The fourth-order valence-corrected chi connectivity index (χ4v) is 4.12. The Hall–Kier alpha value is -3.78. The molecule has 0 saturated heterocycles. The van der Waals surface area contributed by atoms with Crippen molar-refractivity contribution < 1.29 is 9.90 Å². The van der Waals surface area contributed by atoms with Crippen LogP contribution in [0.25, 0.3) is 22.2 Å². The van der Waals surface area contributed by atoms with Gasteiger partial charge in [-0.3, -0.25) is 10.2 Å². The lowest BCUT2D eigenvalue weighted by molar-refractivity contribution is 0.0697. The number of nitrogens with one attached hydrogen (secondary N) is 2. The van der Waals surface area contributed by atoms with E-state index in [9.17, 15) is 14.7 Å². The summed E-state index contributed by atoms with van der Waals surface area (Å²) in [4.78, 5) is 32.0. The number of aromatic nitrogens is 2. The Balaban J connectivity index is 1.47. The van der Waals surface area contributed by atoms with Gasteiger partial charge in [-0.1, -0.05) is 30.3 Å². The normalized spacial score (nSPS) is 11.6. The number of carbonyl (C=O) groups is 1. The average molecular weight is 447 g/mol. The number of aromatic amines is 1. The summed E-state index contributed by atoms with van der Waals surface area (Å²) >= 11 is 1.48. The highest BCUT2D eigenvalue weighted by atomic mass is 32.1. The minimum Gasteiger partial charge on any atom is -0.478 e. The zero-order valence-corrected chi connectivity index (χ0v) is 18.5. The van der Waals surface area contributed by atoms with E-state index in [2.05, 4.69) is 20.5 Å². The van der Waals surface area contributed by atoms with E-state index >= 15 is 0 Å². The third-order valence-electron chi connectivity index (χ3n) is 5.21. The number of hydrogen-bond acceptors (Lipinski definition) is 6. The van der Waals surface area contributed by atoms with Crippen LogP contribution in [0.3, 0.4) is 0 Å². The molecule has 0 spiro atoms. The van der Waals surface area contributed by atoms with Gasteiger partial charge in [0.2, 0.25) is 5.13 Å². The van der Waals surface area contributed by atoms with E-state index in [-0.39, 0.29) is 11.0 Å². The van der Waals surface area contributed by atoms with Crippen LogP contribution in [0.1, 0.15) is 35.0 Å². The summed E-state index contributed by atoms with van der Waals surface area (Å²) in [6, 6.07) is 14.5. The fourth-order valence-electron chi connectivity index (χ4n) is 3.46. The van der Waals surface area contributed by atoms with Crippen LogP contribution in [0, 0.1) is 6.92 Å². The lowest BCUT2D eigenvalue weighted by Gasteiger charge is -2.09. The van der Waals surface area contributed by atoms with Gasteiger partial charge in [-0.05, 0) is 44.9 Å². The third kappa shape index (κ3) is 4.60. The molecule has 0 bridgehead atoms. The number of anilines is 1. The van der Waals surface area contributed by atoms with Crippen LogP contribution in [0.5, 0.6) is 0 Å². The molecule has 0 fully saturated rings. The van der Waals surface area contributed by atoms with Crippen LogP contribution in [0.4, 0.5) is 5.13 Å². The second kappa shape index (κ2) is 9.15. The Morgan fingerprint density at radius 1 is 1.22 bits per heavy atom. The number of thiazole rings is 1.